The second-order valence-corrected chi connectivity index (χ2v) is 12.2. The van der Waals surface area contributed by atoms with E-state index in [-0.39, 0.29) is 35.7 Å². The van der Waals surface area contributed by atoms with Crippen LogP contribution in [0.1, 0.15) is 42.3 Å². The first-order valence-electron chi connectivity index (χ1n) is 11.7. The standard InChI is InChI=1S/C24H28ClFN4O5S2/c1-35-24(32)19-20(14-3-6-16(7-4-14)30(10-11-31)37(2,33)34)28-22(23-27-9-12-36-23)29-21(19)17-8-5-15(26)13-18(17)25/h5,8-9,12-14,16,21,31H,3-4,6-7,10-11H2,1-2H3,(H,28,29)/t14-,16+,21?. The van der Waals surface area contributed by atoms with Gasteiger partial charge in [0.05, 0.1) is 25.5 Å². The van der Waals surface area contributed by atoms with Gasteiger partial charge >= 0.3 is 5.97 Å². The summed E-state index contributed by atoms with van der Waals surface area (Å²) in [6.07, 6.45) is 5.05. The molecule has 2 aliphatic rings. The number of benzene rings is 1. The number of methoxy groups -OCH3 is 1. The van der Waals surface area contributed by atoms with Crippen LogP contribution in [0, 0.1) is 11.7 Å². The largest absolute Gasteiger partial charge is 0.466 e. The van der Waals surface area contributed by atoms with Crippen LogP contribution in [0.3, 0.4) is 0 Å². The first-order chi connectivity index (χ1) is 17.6. The number of nitrogens with one attached hydrogen (secondary N) is 1. The van der Waals surface area contributed by atoms with Gasteiger partial charge in [-0.1, -0.05) is 17.7 Å². The summed E-state index contributed by atoms with van der Waals surface area (Å²) in [5.74, 6) is -0.765. The third-order valence-corrected chi connectivity index (χ3v) is 9.07. The molecule has 1 fully saturated rings. The smallest absolute Gasteiger partial charge is 0.338 e. The fourth-order valence-electron chi connectivity index (χ4n) is 4.99. The summed E-state index contributed by atoms with van der Waals surface area (Å²) in [5.41, 5.74) is 1.34. The lowest BCUT2D eigenvalue weighted by Gasteiger charge is -2.38. The van der Waals surface area contributed by atoms with E-state index >= 15 is 0 Å². The number of thiazole rings is 1. The molecule has 1 aliphatic heterocycles. The maximum absolute atomic E-state index is 13.8. The van der Waals surface area contributed by atoms with E-state index in [0.717, 1.165) is 6.26 Å². The molecule has 1 aromatic carbocycles. The number of aliphatic imine (C=N–C) groups is 1. The molecule has 0 radical (unpaired) electrons. The third kappa shape index (κ3) is 6.04. The van der Waals surface area contributed by atoms with E-state index < -0.39 is 27.9 Å². The van der Waals surface area contributed by atoms with Crippen LogP contribution in [0.15, 0.2) is 46.0 Å². The van der Waals surface area contributed by atoms with E-state index in [4.69, 9.17) is 21.3 Å². The Morgan fingerprint density at radius 3 is 2.62 bits per heavy atom. The van der Waals surface area contributed by atoms with Crippen LogP contribution < -0.4 is 5.32 Å². The van der Waals surface area contributed by atoms with E-state index in [1.54, 1.807) is 6.20 Å². The number of halogens is 2. The Bertz CT molecular complexity index is 1310. The van der Waals surface area contributed by atoms with Gasteiger partial charge in [-0.05, 0) is 43.7 Å². The number of aliphatic hydroxyl groups is 1. The van der Waals surface area contributed by atoms with Crippen molar-refractivity contribution in [3.8, 4) is 0 Å². The van der Waals surface area contributed by atoms with Gasteiger partial charge in [-0.15, -0.1) is 11.3 Å². The number of allylic oxidation sites excluding steroid dienone is 1. The number of esters is 1. The summed E-state index contributed by atoms with van der Waals surface area (Å²) in [6.45, 7) is -0.228. The third-order valence-electron chi connectivity index (χ3n) is 6.63. The number of ether oxygens (including phenoxy) is 1. The lowest BCUT2D eigenvalue weighted by molar-refractivity contribution is -0.136. The normalized spacial score (nSPS) is 22.5. The van der Waals surface area contributed by atoms with Crippen LogP contribution in [0.5, 0.6) is 0 Å². The molecule has 0 saturated heterocycles. The molecule has 200 valence electrons. The molecule has 37 heavy (non-hydrogen) atoms. The lowest BCUT2D eigenvalue weighted by atomic mass is 9.80. The molecular weight excluding hydrogens is 543 g/mol. The molecule has 13 heteroatoms. The van der Waals surface area contributed by atoms with Crippen molar-refractivity contribution in [3.63, 3.8) is 0 Å². The monoisotopic (exact) mass is 570 g/mol. The molecule has 2 aromatic rings. The summed E-state index contributed by atoms with van der Waals surface area (Å²) in [5, 5.41) is 15.2. The topological polar surface area (TPSA) is 121 Å². The van der Waals surface area contributed by atoms with Gasteiger partial charge in [-0.3, -0.25) is 4.99 Å². The summed E-state index contributed by atoms with van der Waals surface area (Å²) < 4.78 is 44.9. The van der Waals surface area contributed by atoms with E-state index in [1.807, 2.05) is 5.38 Å². The van der Waals surface area contributed by atoms with Crippen molar-refractivity contribution in [2.75, 3.05) is 26.5 Å². The van der Waals surface area contributed by atoms with E-state index in [2.05, 4.69) is 10.3 Å². The highest BCUT2D eigenvalue weighted by Crippen LogP contribution is 2.41. The second-order valence-electron chi connectivity index (χ2n) is 8.93. The van der Waals surface area contributed by atoms with E-state index in [0.29, 0.717) is 47.8 Å². The molecule has 1 unspecified atom stereocenters. The highest BCUT2D eigenvalue weighted by Gasteiger charge is 2.39. The maximum atomic E-state index is 13.8. The number of aliphatic hydroxyl groups excluding tert-OH is 1. The number of aromatic nitrogens is 1. The second kappa shape index (κ2) is 11.6. The Morgan fingerprint density at radius 2 is 2.05 bits per heavy atom. The van der Waals surface area contributed by atoms with Crippen molar-refractivity contribution in [1.82, 2.24) is 14.6 Å². The minimum absolute atomic E-state index is 0.0362. The van der Waals surface area contributed by atoms with Crippen molar-refractivity contribution in [2.45, 2.75) is 37.8 Å². The highest BCUT2D eigenvalue weighted by molar-refractivity contribution is 7.88. The molecule has 1 aliphatic carbocycles. The number of nitrogens with zero attached hydrogens (tertiary/aromatic N) is 3. The first-order valence-corrected chi connectivity index (χ1v) is 14.8. The molecule has 1 atom stereocenters. The Hall–Kier alpha value is -2.38. The predicted molar refractivity (Wildman–Crippen MR) is 139 cm³/mol. The van der Waals surface area contributed by atoms with Crippen LogP contribution in [0.4, 0.5) is 4.39 Å². The van der Waals surface area contributed by atoms with Gasteiger partial charge in [0.2, 0.25) is 10.0 Å². The van der Waals surface area contributed by atoms with Crippen LogP contribution >= 0.6 is 22.9 Å². The van der Waals surface area contributed by atoms with Crippen LogP contribution in [0.25, 0.3) is 0 Å². The van der Waals surface area contributed by atoms with E-state index in [1.165, 1.54) is 41.0 Å². The molecule has 4 rings (SSSR count). The van der Waals surface area contributed by atoms with Gasteiger partial charge in [-0.25, -0.2) is 22.6 Å². The Kier molecular flexibility index (Phi) is 8.64. The van der Waals surface area contributed by atoms with Crippen molar-refractivity contribution in [2.24, 2.45) is 10.9 Å². The summed E-state index contributed by atoms with van der Waals surface area (Å²) >= 11 is 7.79. The number of rotatable bonds is 8. The number of carbonyl (C=O) groups is 1. The van der Waals surface area contributed by atoms with Gasteiger partial charge < -0.3 is 15.2 Å². The fraction of sp³-hybridized carbons (Fsp3) is 0.458. The highest BCUT2D eigenvalue weighted by atomic mass is 35.5. The Balaban J connectivity index is 1.74. The quantitative estimate of drug-likeness (QED) is 0.467. The van der Waals surface area contributed by atoms with E-state index in [9.17, 15) is 22.7 Å². The zero-order chi connectivity index (χ0) is 26.7. The van der Waals surface area contributed by atoms with Crippen LogP contribution in [0.2, 0.25) is 5.02 Å². The summed E-state index contributed by atoms with van der Waals surface area (Å²) in [7, 11) is -2.20. The number of hydrogen-bond donors (Lipinski definition) is 2. The SMILES string of the molecule is COC(=O)C1=C([C@H]2CC[C@@H](N(CCO)S(C)(=O)=O)CC2)NC(c2nccs2)=NC1c1ccc(F)cc1Cl. The molecular formula is C24H28ClFN4O5S2. The lowest BCUT2D eigenvalue weighted by Crippen LogP contribution is -2.44. The first kappa shape index (κ1) is 27.6. The Labute approximate surface area is 224 Å². The number of amidine groups is 1. The number of sulfonamides is 1. The maximum Gasteiger partial charge on any atom is 0.338 e. The summed E-state index contributed by atoms with van der Waals surface area (Å²) in [4.78, 5) is 22.2. The molecule has 9 nitrogen and oxygen atoms in total. The van der Waals surface area contributed by atoms with Crippen LogP contribution in [-0.4, -0.2) is 67.2 Å². The Morgan fingerprint density at radius 1 is 1.32 bits per heavy atom. The van der Waals surface area contributed by atoms with Gasteiger partial charge in [0.1, 0.15) is 11.9 Å². The molecule has 2 N–H and O–H groups in total. The van der Waals surface area contributed by atoms with Crippen LogP contribution in [-0.2, 0) is 19.6 Å². The van der Waals surface area contributed by atoms with Crippen molar-refractivity contribution >= 4 is 44.8 Å². The minimum Gasteiger partial charge on any atom is -0.466 e. The van der Waals surface area contributed by atoms with Crippen molar-refractivity contribution in [1.29, 1.82) is 0 Å². The van der Waals surface area contributed by atoms with Gasteiger partial charge in [-0.2, -0.15) is 4.31 Å². The molecule has 1 aromatic heterocycles. The van der Waals surface area contributed by atoms with Gasteiger partial charge in [0.15, 0.2) is 10.8 Å². The zero-order valence-electron chi connectivity index (χ0n) is 20.4. The average molecular weight is 571 g/mol. The molecule has 0 amide bonds. The number of carbonyl (C=O) groups excluding carboxylic acids is 1. The summed E-state index contributed by atoms with van der Waals surface area (Å²) in [6, 6.07) is 2.85. The van der Waals surface area contributed by atoms with Gasteiger partial charge in [0.25, 0.3) is 0 Å². The van der Waals surface area contributed by atoms with Crippen molar-refractivity contribution in [3.05, 3.63) is 62.5 Å². The average Bonchev–Trinajstić information content (AvgIpc) is 3.41. The molecule has 0 bridgehead atoms. The molecule has 1 saturated carbocycles. The fourth-order valence-corrected chi connectivity index (χ4v) is 7.01. The van der Waals surface area contributed by atoms with Gasteiger partial charge in [0, 0.05) is 40.4 Å². The van der Waals surface area contributed by atoms with Crippen molar-refractivity contribution < 1.29 is 27.4 Å². The zero-order valence-corrected chi connectivity index (χ0v) is 22.7. The number of hydrogen-bond acceptors (Lipinski definition) is 9. The molecule has 0 spiro atoms. The predicted octanol–water partition coefficient (Wildman–Crippen LogP) is 3.27. The molecule has 2 heterocycles. The minimum atomic E-state index is -3.49.